The Morgan fingerprint density at radius 2 is 2.00 bits per heavy atom. The molecule has 0 aromatic carbocycles. The molecule has 1 unspecified atom stereocenters. The third-order valence-corrected chi connectivity index (χ3v) is 1.61. The van der Waals surface area contributed by atoms with Gasteiger partial charge in [0.1, 0.15) is 0 Å². The Labute approximate surface area is 63.1 Å². The van der Waals surface area contributed by atoms with Gasteiger partial charge in [0.2, 0.25) is 0 Å². The van der Waals surface area contributed by atoms with Crippen molar-refractivity contribution in [1.82, 2.24) is 0 Å². The summed E-state index contributed by atoms with van der Waals surface area (Å²) in [4.78, 5) is 0. The molecule has 2 atom stereocenters. The summed E-state index contributed by atoms with van der Waals surface area (Å²) in [6.07, 6.45) is 3.53. The van der Waals surface area contributed by atoms with E-state index in [9.17, 15) is 0 Å². The smallest absolute Gasteiger partial charge is 0.0572 e. The molecule has 0 radical (unpaired) electrons. The van der Waals surface area contributed by atoms with Crippen LogP contribution in [0.3, 0.4) is 0 Å². The van der Waals surface area contributed by atoms with Crippen LogP contribution in [0.2, 0.25) is 0 Å². The fourth-order valence-corrected chi connectivity index (χ4v) is 0.622. The number of aliphatic hydroxyl groups excluding tert-OH is 1. The van der Waals surface area contributed by atoms with Gasteiger partial charge in [-0.15, -0.1) is 0 Å². The van der Waals surface area contributed by atoms with E-state index in [1.807, 2.05) is 19.9 Å². The first-order chi connectivity index (χ1) is 4.57. The lowest BCUT2D eigenvalue weighted by atomic mass is 10.0. The van der Waals surface area contributed by atoms with E-state index >= 15 is 0 Å². The maximum atomic E-state index is 9.09. The molecule has 0 aliphatic heterocycles. The molecule has 10 heavy (non-hydrogen) atoms. The van der Waals surface area contributed by atoms with Crippen molar-refractivity contribution < 1.29 is 5.11 Å². The van der Waals surface area contributed by atoms with Gasteiger partial charge in [-0.2, -0.15) is 0 Å². The Morgan fingerprint density at radius 3 is 2.30 bits per heavy atom. The van der Waals surface area contributed by atoms with Crippen LogP contribution in [0.1, 0.15) is 20.8 Å². The van der Waals surface area contributed by atoms with Crippen LogP contribution in [0.5, 0.6) is 0 Å². The Balaban J connectivity index is 3.98. The summed E-state index contributed by atoms with van der Waals surface area (Å²) in [6, 6.07) is 0. The van der Waals surface area contributed by atoms with E-state index in [4.69, 9.17) is 5.11 Å². The summed E-state index contributed by atoms with van der Waals surface area (Å²) in [5.74, 6) is 0.220. The molecule has 0 amide bonds. The van der Waals surface area contributed by atoms with Crippen molar-refractivity contribution in [1.29, 1.82) is 0 Å². The quantitative estimate of drug-likeness (QED) is 0.595. The average Bonchev–Trinajstić information content (AvgIpc) is 1.87. The summed E-state index contributed by atoms with van der Waals surface area (Å²) in [7, 11) is 0. The van der Waals surface area contributed by atoms with Crippen molar-refractivity contribution in [3.63, 3.8) is 0 Å². The first-order valence-electron chi connectivity index (χ1n) is 3.57. The topological polar surface area (TPSA) is 20.2 Å². The maximum Gasteiger partial charge on any atom is 0.0572 e. The molecule has 0 rings (SSSR count). The number of aliphatic hydroxyl groups is 1. The van der Waals surface area contributed by atoms with Gasteiger partial charge in [0.25, 0.3) is 0 Å². The lowest BCUT2D eigenvalue weighted by Gasteiger charge is -2.09. The van der Waals surface area contributed by atoms with E-state index in [0.29, 0.717) is 0 Å². The minimum atomic E-state index is -0.269. The van der Waals surface area contributed by atoms with Gasteiger partial charge in [-0.3, -0.25) is 0 Å². The van der Waals surface area contributed by atoms with Crippen LogP contribution >= 0.6 is 0 Å². The van der Waals surface area contributed by atoms with Crippen LogP contribution in [0.25, 0.3) is 0 Å². The molecule has 0 spiro atoms. The molecule has 0 saturated carbocycles. The minimum absolute atomic E-state index is 0.220. The van der Waals surface area contributed by atoms with Crippen LogP contribution in [-0.2, 0) is 0 Å². The molecule has 0 aliphatic carbocycles. The molecule has 1 heteroatoms. The Morgan fingerprint density at radius 1 is 1.50 bits per heavy atom. The summed E-state index contributed by atoms with van der Waals surface area (Å²) in [5, 5.41) is 9.09. The Bertz CT molecular complexity index is 134. The molecule has 0 fully saturated rings. The van der Waals surface area contributed by atoms with Crippen molar-refractivity contribution >= 4 is 0 Å². The van der Waals surface area contributed by atoms with E-state index in [1.165, 1.54) is 0 Å². The Hall–Kier alpha value is -0.560. The predicted molar refractivity (Wildman–Crippen MR) is 44.8 cm³/mol. The minimum Gasteiger partial charge on any atom is -0.393 e. The Kier molecular flexibility index (Phi) is 4.05. The van der Waals surface area contributed by atoms with E-state index in [-0.39, 0.29) is 12.0 Å². The number of rotatable bonds is 3. The van der Waals surface area contributed by atoms with Gasteiger partial charge in [0.05, 0.1) is 6.10 Å². The largest absolute Gasteiger partial charge is 0.393 e. The van der Waals surface area contributed by atoms with Gasteiger partial charge >= 0.3 is 0 Å². The molecule has 58 valence electrons. The van der Waals surface area contributed by atoms with Crippen molar-refractivity contribution in [2.45, 2.75) is 26.9 Å². The number of hydrogen-bond donors (Lipinski definition) is 1. The highest BCUT2D eigenvalue weighted by atomic mass is 16.3. The standard InChI is InChI=1S/C9H16O/c1-5-7(2)6-8(3)9(4)10/h5-6,8-10H,1H2,2-4H3/b7-6+/t8-,9?/m1/s1. The zero-order valence-corrected chi connectivity index (χ0v) is 6.96. The average molecular weight is 140 g/mol. The van der Waals surface area contributed by atoms with Gasteiger partial charge in [-0.1, -0.05) is 31.2 Å². The second-order valence-electron chi connectivity index (χ2n) is 2.71. The van der Waals surface area contributed by atoms with Crippen LogP contribution < -0.4 is 0 Å². The van der Waals surface area contributed by atoms with Gasteiger partial charge in [-0.25, -0.2) is 0 Å². The molecule has 1 nitrogen and oxygen atoms in total. The second kappa shape index (κ2) is 4.29. The highest BCUT2D eigenvalue weighted by molar-refractivity contribution is 5.14. The first kappa shape index (κ1) is 9.44. The van der Waals surface area contributed by atoms with Gasteiger partial charge < -0.3 is 5.11 Å². The highest BCUT2D eigenvalue weighted by Gasteiger charge is 2.03. The fraction of sp³-hybridized carbons (Fsp3) is 0.556. The van der Waals surface area contributed by atoms with Crippen LogP contribution in [0.15, 0.2) is 24.3 Å². The summed E-state index contributed by atoms with van der Waals surface area (Å²) < 4.78 is 0. The van der Waals surface area contributed by atoms with Crippen molar-refractivity contribution in [2.75, 3.05) is 0 Å². The summed E-state index contributed by atoms with van der Waals surface area (Å²) in [6.45, 7) is 9.37. The van der Waals surface area contributed by atoms with Crippen LogP contribution in [-0.4, -0.2) is 11.2 Å². The summed E-state index contributed by atoms with van der Waals surface area (Å²) in [5.41, 5.74) is 1.12. The zero-order chi connectivity index (χ0) is 8.15. The third-order valence-electron chi connectivity index (χ3n) is 1.61. The fourth-order valence-electron chi connectivity index (χ4n) is 0.622. The first-order valence-corrected chi connectivity index (χ1v) is 3.57. The monoisotopic (exact) mass is 140 g/mol. The predicted octanol–water partition coefficient (Wildman–Crippen LogP) is 2.14. The molecule has 1 N–H and O–H groups in total. The van der Waals surface area contributed by atoms with E-state index in [1.54, 1.807) is 13.0 Å². The number of hydrogen-bond acceptors (Lipinski definition) is 1. The maximum absolute atomic E-state index is 9.09. The lowest BCUT2D eigenvalue weighted by Crippen LogP contribution is -2.10. The highest BCUT2D eigenvalue weighted by Crippen LogP contribution is 2.07. The van der Waals surface area contributed by atoms with Crippen LogP contribution in [0.4, 0.5) is 0 Å². The third kappa shape index (κ3) is 3.46. The SMILES string of the molecule is C=C/C(C)=C/[C@@H](C)C(C)O. The molecule has 0 aromatic heterocycles. The van der Waals surface area contributed by atoms with E-state index in [2.05, 4.69) is 6.58 Å². The normalized spacial score (nSPS) is 18.2. The molecule has 0 aliphatic rings. The molecular formula is C9H16O. The molecule has 0 saturated heterocycles. The van der Waals surface area contributed by atoms with E-state index in [0.717, 1.165) is 5.57 Å². The van der Waals surface area contributed by atoms with Crippen molar-refractivity contribution in [3.05, 3.63) is 24.3 Å². The van der Waals surface area contributed by atoms with Crippen molar-refractivity contribution in [3.8, 4) is 0 Å². The number of allylic oxidation sites excluding steroid dienone is 2. The zero-order valence-electron chi connectivity index (χ0n) is 6.96. The molecule has 0 aromatic rings. The molecule has 0 heterocycles. The van der Waals surface area contributed by atoms with Gasteiger partial charge in [0, 0.05) is 5.92 Å². The van der Waals surface area contributed by atoms with Gasteiger partial charge in [-0.05, 0) is 13.8 Å². The molecular weight excluding hydrogens is 124 g/mol. The van der Waals surface area contributed by atoms with E-state index < -0.39 is 0 Å². The van der Waals surface area contributed by atoms with Crippen molar-refractivity contribution in [2.24, 2.45) is 5.92 Å². The van der Waals surface area contributed by atoms with Crippen LogP contribution in [0, 0.1) is 5.92 Å². The molecule has 0 bridgehead atoms. The second-order valence-corrected chi connectivity index (χ2v) is 2.71. The lowest BCUT2D eigenvalue weighted by molar-refractivity contribution is 0.157. The van der Waals surface area contributed by atoms with Gasteiger partial charge in [0.15, 0.2) is 0 Å². The summed E-state index contributed by atoms with van der Waals surface area (Å²) >= 11 is 0.